The second-order valence-corrected chi connectivity index (χ2v) is 4.60. The molecule has 0 aliphatic carbocycles. The molecule has 0 atom stereocenters. The first-order valence-corrected chi connectivity index (χ1v) is 6.26. The Bertz CT molecular complexity index is 371. The van der Waals surface area contributed by atoms with Gasteiger partial charge in [0, 0.05) is 17.4 Å². The second-order valence-electron chi connectivity index (χ2n) is 3.28. The van der Waals surface area contributed by atoms with E-state index in [0.717, 1.165) is 11.0 Å². The molecule has 0 aliphatic heterocycles. The molecule has 1 aromatic carbocycles. The van der Waals surface area contributed by atoms with Crippen LogP contribution < -0.4 is 10.6 Å². The highest BCUT2D eigenvalue weighted by atomic mass is 79.9. The molecule has 3 nitrogen and oxygen atoms in total. The summed E-state index contributed by atoms with van der Waals surface area (Å²) in [6, 6.07) is 5.37. The maximum absolute atomic E-state index is 11.5. The summed E-state index contributed by atoms with van der Waals surface area (Å²) in [7, 11) is 0. The first-order chi connectivity index (χ1) is 7.63. The van der Waals surface area contributed by atoms with Gasteiger partial charge in [0.05, 0.1) is 10.7 Å². The van der Waals surface area contributed by atoms with Crippen molar-refractivity contribution in [3.05, 3.63) is 27.7 Å². The van der Waals surface area contributed by atoms with Crippen molar-refractivity contribution in [2.75, 3.05) is 18.4 Å². The van der Waals surface area contributed by atoms with Crippen LogP contribution in [0.5, 0.6) is 0 Å². The predicted molar refractivity (Wildman–Crippen MR) is 70.9 cm³/mol. The molecule has 0 radical (unpaired) electrons. The summed E-state index contributed by atoms with van der Waals surface area (Å²) in [5.74, 6) is -0.0369. The number of benzene rings is 1. The zero-order valence-corrected chi connectivity index (χ0v) is 11.4. The Balaban J connectivity index is 2.49. The fraction of sp³-hybridized carbons (Fsp3) is 0.364. The van der Waals surface area contributed by atoms with Gasteiger partial charge in [-0.15, -0.1) is 0 Å². The number of hydrogen-bond donors (Lipinski definition) is 2. The van der Waals surface area contributed by atoms with E-state index in [4.69, 9.17) is 11.6 Å². The molecular weight excluding hydrogens is 291 g/mol. The molecule has 16 heavy (non-hydrogen) atoms. The molecule has 0 aliphatic rings. The summed E-state index contributed by atoms with van der Waals surface area (Å²) in [6.07, 6.45) is 0.445. The quantitative estimate of drug-likeness (QED) is 0.821. The molecule has 1 amide bonds. The van der Waals surface area contributed by atoms with E-state index in [0.29, 0.717) is 23.7 Å². The topological polar surface area (TPSA) is 41.1 Å². The molecular formula is C11H14BrClN2O. The van der Waals surface area contributed by atoms with Crippen molar-refractivity contribution in [1.82, 2.24) is 5.32 Å². The normalized spacial score (nSPS) is 10.2. The summed E-state index contributed by atoms with van der Waals surface area (Å²) < 4.78 is 0.892. The van der Waals surface area contributed by atoms with Crippen molar-refractivity contribution >= 4 is 39.1 Å². The average molecular weight is 306 g/mol. The number of halogens is 2. The van der Waals surface area contributed by atoms with Crippen LogP contribution in [-0.4, -0.2) is 19.0 Å². The highest BCUT2D eigenvalue weighted by molar-refractivity contribution is 9.10. The molecule has 0 spiro atoms. The van der Waals surface area contributed by atoms with Crippen molar-refractivity contribution in [3.63, 3.8) is 0 Å². The van der Waals surface area contributed by atoms with Crippen LogP contribution in [0.1, 0.15) is 13.3 Å². The van der Waals surface area contributed by atoms with Crippen molar-refractivity contribution in [2.45, 2.75) is 13.3 Å². The second kappa shape index (κ2) is 6.89. The van der Waals surface area contributed by atoms with Gasteiger partial charge in [0.25, 0.3) is 0 Å². The fourth-order valence-corrected chi connectivity index (χ4v) is 1.90. The van der Waals surface area contributed by atoms with E-state index >= 15 is 0 Å². The minimum atomic E-state index is -0.0369. The van der Waals surface area contributed by atoms with Crippen LogP contribution in [0.4, 0.5) is 5.69 Å². The number of rotatable bonds is 5. The predicted octanol–water partition coefficient (Wildman–Crippen LogP) is 3.04. The lowest BCUT2D eigenvalue weighted by Crippen LogP contribution is -2.21. The van der Waals surface area contributed by atoms with Gasteiger partial charge in [-0.3, -0.25) is 4.79 Å². The van der Waals surface area contributed by atoms with Crippen molar-refractivity contribution < 1.29 is 4.79 Å². The Morgan fingerprint density at radius 1 is 1.50 bits per heavy atom. The summed E-state index contributed by atoms with van der Waals surface area (Å²) in [4.78, 5) is 11.5. The van der Waals surface area contributed by atoms with E-state index < -0.39 is 0 Å². The fourth-order valence-electron chi connectivity index (χ4n) is 1.18. The molecule has 0 heterocycles. The van der Waals surface area contributed by atoms with E-state index in [1.165, 1.54) is 0 Å². The third kappa shape index (κ3) is 4.51. The molecule has 2 N–H and O–H groups in total. The number of carbonyl (C=O) groups excluding carboxylic acids is 1. The Labute approximate surface area is 109 Å². The zero-order chi connectivity index (χ0) is 12.0. The molecule has 0 saturated carbocycles. The van der Waals surface area contributed by atoms with Crippen LogP contribution in [0.2, 0.25) is 5.02 Å². The summed E-state index contributed by atoms with van der Waals surface area (Å²) in [6.45, 7) is 3.55. The van der Waals surface area contributed by atoms with Crippen molar-refractivity contribution in [3.8, 4) is 0 Å². The number of hydrogen-bond acceptors (Lipinski definition) is 2. The molecule has 1 aromatic rings. The number of nitrogens with one attached hydrogen (secondary N) is 2. The Morgan fingerprint density at radius 3 is 2.88 bits per heavy atom. The van der Waals surface area contributed by atoms with Crippen LogP contribution in [0.15, 0.2) is 22.7 Å². The van der Waals surface area contributed by atoms with Gasteiger partial charge in [0.15, 0.2) is 0 Å². The molecule has 1 rings (SSSR count). The molecule has 0 bridgehead atoms. The number of carbonyl (C=O) groups is 1. The van der Waals surface area contributed by atoms with E-state index in [9.17, 15) is 4.79 Å². The van der Waals surface area contributed by atoms with Gasteiger partial charge in [-0.25, -0.2) is 0 Å². The smallest absolute Gasteiger partial charge is 0.225 e. The summed E-state index contributed by atoms with van der Waals surface area (Å²) in [5, 5.41) is 6.39. The van der Waals surface area contributed by atoms with E-state index in [1.54, 1.807) is 12.1 Å². The lowest BCUT2D eigenvalue weighted by Gasteiger charge is -2.07. The molecule has 0 fully saturated rings. The van der Waals surface area contributed by atoms with Crippen LogP contribution in [0.3, 0.4) is 0 Å². The van der Waals surface area contributed by atoms with Gasteiger partial charge >= 0.3 is 0 Å². The van der Waals surface area contributed by atoms with Gasteiger partial charge in [-0.05, 0) is 24.7 Å². The van der Waals surface area contributed by atoms with Crippen LogP contribution in [-0.2, 0) is 4.79 Å². The van der Waals surface area contributed by atoms with Gasteiger partial charge in [0.2, 0.25) is 5.91 Å². The average Bonchev–Trinajstić information content (AvgIpc) is 2.23. The largest absolute Gasteiger partial charge is 0.325 e. The SMILES string of the molecule is CCNCCC(=O)Nc1ccc(Br)cc1Cl. The van der Waals surface area contributed by atoms with E-state index in [1.807, 2.05) is 13.0 Å². The van der Waals surface area contributed by atoms with E-state index in [2.05, 4.69) is 26.6 Å². The van der Waals surface area contributed by atoms with Crippen LogP contribution in [0.25, 0.3) is 0 Å². The standard InChI is InChI=1S/C11H14BrClN2O/c1-2-14-6-5-11(16)15-10-4-3-8(12)7-9(10)13/h3-4,7,14H,2,5-6H2,1H3,(H,15,16). The lowest BCUT2D eigenvalue weighted by molar-refractivity contribution is -0.116. The number of anilines is 1. The van der Waals surface area contributed by atoms with Crippen LogP contribution >= 0.6 is 27.5 Å². The van der Waals surface area contributed by atoms with Gasteiger partial charge < -0.3 is 10.6 Å². The minimum absolute atomic E-state index is 0.0369. The van der Waals surface area contributed by atoms with Crippen molar-refractivity contribution in [2.24, 2.45) is 0 Å². The Hall–Kier alpha value is -0.580. The maximum Gasteiger partial charge on any atom is 0.225 e. The third-order valence-electron chi connectivity index (χ3n) is 1.98. The number of amides is 1. The zero-order valence-electron chi connectivity index (χ0n) is 9.02. The molecule has 5 heteroatoms. The summed E-state index contributed by atoms with van der Waals surface area (Å²) >= 11 is 9.28. The highest BCUT2D eigenvalue weighted by Crippen LogP contribution is 2.25. The van der Waals surface area contributed by atoms with E-state index in [-0.39, 0.29) is 5.91 Å². The molecule has 0 aromatic heterocycles. The lowest BCUT2D eigenvalue weighted by atomic mass is 10.3. The Morgan fingerprint density at radius 2 is 2.25 bits per heavy atom. The molecule has 0 unspecified atom stereocenters. The van der Waals surface area contributed by atoms with Gasteiger partial charge in [-0.1, -0.05) is 34.5 Å². The Kier molecular flexibility index (Phi) is 5.80. The van der Waals surface area contributed by atoms with Crippen molar-refractivity contribution in [1.29, 1.82) is 0 Å². The molecule has 88 valence electrons. The van der Waals surface area contributed by atoms with Gasteiger partial charge in [-0.2, -0.15) is 0 Å². The minimum Gasteiger partial charge on any atom is -0.325 e. The third-order valence-corrected chi connectivity index (χ3v) is 2.79. The van der Waals surface area contributed by atoms with Gasteiger partial charge in [0.1, 0.15) is 0 Å². The summed E-state index contributed by atoms with van der Waals surface area (Å²) in [5.41, 5.74) is 0.645. The first kappa shape index (κ1) is 13.5. The van der Waals surface area contributed by atoms with Crippen LogP contribution in [0, 0.1) is 0 Å². The monoisotopic (exact) mass is 304 g/mol. The molecule has 0 saturated heterocycles. The highest BCUT2D eigenvalue weighted by Gasteiger charge is 2.05. The first-order valence-electron chi connectivity index (χ1n) is 5.09. The maximum atomic E-state index is 11.5.